The number of ether oxygens (including phenoxy) is 2. The van der Waals surface area contributed by atoms with Gasteiger partial charge in [0.1, 0.15) is 6.79 Å². The number of likely N-dealkylation sites (tertiary alicyclic amines) is 1. The highest BCUT2D eigenvalue weighted by molar-refractivity contribution is 7.10. The summed E-state index contributed by atoms with van der Waals surface area (Å²) in [4.78, 5) is 20.0. The van der Waals surface area contributed by atoms with Gasteiger partial charge in [-0.15, -0.1) is 24.5 Å². The molecule has 1 aromatic carbocycles. The van der Waals surface area contributed by atoms with Crippen LogP contribution in [0.5, 0.6) is 0 Å². The Balaban J connectivity index is 0.00000133. The van der Waals surface area contributed by atoms with Crippen molar-refractivity contribution in [2.45, 2.75) is 152 Å². The zero-order valence-electron chi connectivity index (χ0n) is 47.4. The van der Waals surface area contributed by atoms with Crippen LogP contribution in [0.25, 0.3) is 33.4 Å². The third kappa shape index (κ3) is 21.3. The SMILES string of the molecule is C=C.C=C(/C=C/C(C)(C)O)N1CC(NC)C1.C=C(N)C(CC)C(C)C.C=COCC(C)(C)Cc1c(-c2cccnc2C(C)OC)n(CC)c2ccc(-c3csc(CC4CCCNN4)n3)cc12.C=O.CC.CC. The standard InChI is InChI=1S/C33H43N5O2S.C11H20N2O.C8H17N.2C2H6.C2H4.CH2O/c1-7-38-29-14-13-23(28-20-41-30(36-28)18-24-11-9-16-35-37-24)17-26(29)27(19-33(4,5)21-40-8-2)32(38)25-12-10-15-34-31(25)22(3)39-6;1-9(5-6-11(2,3)14)13-7-10(8-13)12-4;1-5-8(6(2)3)7(4)9;4*1-2/h8,10,12-15,17,20,22,24,35,37H,2,7,9,11,16,18-19,21H2,1,3-6H3;5-6,10,12,14H,1,7-8H2,2-4H3;6,8H,4-5,9H2,1-3H3;2*1-2H3;1-2H2;1H2/b;6-5+;;;;;. The van der Waals surface area contributed by atoms with Crippen LogP contribution in [0.3, 0.4) is 0 Å². The molecule has 2 aliphatic heterocycles. The highest BCUT2D eigenvalue weighted by Gasteiger charge is 2.29. The third-order valence-corrected chi connectivity index (χ3v) is 13.0. The molecule has 0 bridgehead atoms. The molecule has 0 radical (unpaired) electrons. The number of nitrogens with one attached hydrogen (secondary N) is 3. The van der Waals surface area contributed by atoms with Crippen molar-refractivity contribution in [1.82, 2.24) is 35.6 Å². The summed E-state index contributed by atoms with van der Waals surface area (Å²) in [5.41, 5.74) is 21.1. The van der Waals surface area contributed by atoms with E-state index in [2.05, 4.69) is 137 Å². The second-order valence-corrected chi connectivity index (χ2v) is 19.8. The van der Waals surface area contributed by atoms with Crippen molar-refractivity contribution in [3.63, 3.8) is 0 Å². The van der Waals surface area contributed by atoms with E-state index in [1.807, 2.05) is 59.9 Å². The van der Waals surface area contributed by atoms with Crippen LogP contribution in [0.15, 0.2) is 105 Å². The van der Waals surface area contributed by atoms with Gasteiger partial charge in [0.25, 0.3) is 0 Å². The molecule has 0 spiro atoms. The van der Waals surface area contributed by atoms with Crippen LogP contribution in [0.4, 0.5) is 0 Å². The first-order valence-corrected chi connectivity index (χ1v) is 26.8. The van der Waals surface area contributed by atoms with Gasteiger partial charge in [-0.1, -0.05) is 94.2 Å². The summed E-state index contributed by atoms with van der Waals surface area (Å²) in [6.07, 6.45) is 12.2. The number of allylic oxidation sites excluding steroid dienone is 2. The van der Waals surface area contributed by atoms with E-state index in [9.17, 15) is 5.11 Å². The van der Waals surface area contributed by atoms with Crippen LogP contribution in [-0.2, 0) is 33.7 Å². The van der Waals surface area contributed by atoms with Crippen LogP contribution in [-0.4, -0.2) is 89.4 Å². The van der Waals surface area contributed by atoms with Crippen molar-refractivity contribution in [2.24, 2.45) is 23.0 Å². The molecule has 2 saturated heterocycles. The van der Waals surface area contributed by atoms with E-state index in [1.165, 1.54) is 46.3 Å². The van der Waals surface area contributed by atoms with E-state index in [0.29, 0.717) is 30.5 Å². The minimum absolute atomic E-state index is 0.115. The number of rotatable bonds is 19. The van der Waals surface area contributed by atoms with Gasteiger partial charge in [0.05, 0.1) is 46.7 Å². The van der Waals surface area contributed by atoms with Gasteiger partial charge < -0.3 is 39.9 Å². The second kappa shape index (κ2) is 35.3. The lowest BCUT2D eigenvalue weighted by Crippen LogP contribution is -2.55. The molecule has 5 heterocycles. The summed E-state index contributed by atoms with van der Waals surface area (Å²) < 4.78 is 13.9. The highest BCUT2D eigenvalue weighted by Crippen LogP contribution is 2.42. The molecule has 13 heteroatoms. The third-order valence-electron chi connectivity index (χ3n) is 12.1. The quantitative estimate of drug-likeness (QED) is 0.0347. The van der Waals surface area contributed by atoms with E-state index >= 15 is 0 Å². The lowest BCUT2D eigenvalue weighted by Gasteiger charge is -2.41. The Morgan fingerprint density at radius 1 is 1.07 bits per heavy atom. The molecule has 3 unspecified atom stereocenters. The number of aromatic nitrogens is 3. The molecule has 0 aliphatic carbocycles. The monoisotopic (exact) mass is 1010 g/mol. The number of benzene rings is 1. The number of aliphatic hydroxyl groups is 1. The molecular formula is C59H98N8O4S. The molecule has 0 amide bonds. The first-order valence-electron chi connectivity index (χ1n) is 25.9. The van der Waals surface area contributed by atoms with Crippen molar-refractivity contribution in [2.75, 3.05) is 40.4 Å². The Hall–Kier alpha value is -4.89. The maximum atomic E-state index is 9.48. The normalized spacial score (nSPS) is 15.1. The predicted octanol–water partition coefficient (Wildman–Crippen LogP) is 12.6. The predicted molar refractivity (Wildman–Crippen MR) is 311 cm³/mol. The summed E-state index contributed by atoms with van der Waals surface area (Å²) in [6.45, 7) is 50.7. The van der Waals surface area contributed by atoms with E-state index in [4.69, 9.17) is 30.0 Å². The molecule has 2 fully saturated rings. The largest absolute Gasteiger partial charge is 0.501 e. The number of likely N-dealkylation sites (N-methyl/N-ethyl adjacent to an activating group) is 1. The summed E-state index contributed by atoms with van der Waals surface area (Å²) in [6, 6.07) is 12.0. The fraction of sp³-hybridized carbons (Fsp3) is 0.542. The maximum absolute atomic E-state index is 9.48. The number of nitrogens with zero attached hydrogens (tertiary/aromatic N) is 4. The number of nitrogens with two attached hydrogens (primary N) is 1. The molecule has 12 nitrogen and oxygen atoms in total. The van der Waals surface area contributed by atoms with Crippen molar-refractivity contribution in [3.05, 3.63) is 121 Å². The van der Waals surface area contributed by atoms with Gasteiger partial charge in [-0.2, -0.15) is 0 Å². The number of methoxy groups -OCH3 is 1. The lowest BCUT2D eigenvalue weighted by atomic mass is 9.84. The summed E-state index contributed by atoms with van der Waals surface area (Å²) in [7, 11) is 3.71. The van der Waals surface area contributed by atoms with Gasteiger partial charge in [-0.25, -0.2) is 4.98 Å². The molecule has 72 heavy (non-hydrogen) atoms. The molecular weight excluding hydrogens is 917 g/mol. The molecule has 6 rings (SSSR count). The summed E-state index contributed by atoms with van der Waals surface area (Å²) in [5, 5.41) is 17.3. The minimum Gasteiger partial charge on any atom is -0.501 e. The fourth-order valence-electron chi connectivity index (χ4n) is 8.36. The number of carbonyl (C=O) groups is 1. The van der Waals surface area contributed by atoms with Gasteiger partial charge in [-0.3, -0.25) is 15.8 Å². The Kier molecular flexibility index (Phi) is 32.9. The van der Waals surface area contributed by atoms with Crippen LogP contribution in [0, 0.1) is 17.3 Å². The first-order chi connectivity index (χ1) is 34.4. The zero-order valence-corrected chi connectivity index (χ0v) is 48.2. The van der Waals surface area contributed by atoms with Gasteiger partial charge >= 0.3 is 0 Å². The molecule has 3 atom stereocenters. The van der Waals surface area contributed by atoms with Crippen LogP contribution in [0.1, 0.15) is 132 Å². The molecule has 6 N–H and O–H groups in total. The van der Waals surface area contributed by atoms with Crippen LogP contribution >= 0.6 is 11.3 Å². The molecule has 3 aromatic heterocycles. The second-order valence-electron chi connectivity index (χ2n) is 18.9. The smallest absolute Gasteiger partial charge is 0.106 e. The Bertz CT molecular complexity index is 2170. The Morgan fingerprint density at radius 3 is 2.22 bits per heavy atom. The van der Waals surface area contributed by atoms with Crippen LogP contribution in [0.2, 0.25) is 0 Å². The van der Waals surface area contributed by atoms with Crippen molar-refractivity contribution in [3.8, 4) is 22.5 Å². The fourth-order valence-corrected chi connectivity index (χ4v) is 9.24. The van der Waals surface area contributed by atoms with Crippen molar-refractivity contribution < 1.29 is 19.4 Å². The summed E-state index contributed by atoms with van der Waals surface area (Å²) in [5.74, 6) is 1.14. The lowest BCUT2D eigenvalue weighted by molar-refractivity contribution is -0.0980. The number of hydrogen-bond acceptors (Lipinski definition) is 12. The van der Waals surface area contributed by atoms with Crippen molar-refractivity contribution in [1.29, 1.82) is 0 Å². The van der Waals surface area contributed by atoms with Gasteiger partial charge in [0, 0.05) is 102 Å². The van der Waals surface area contributed by atoms with E-state index < -0.39 is 5.60 Å². The number of hydrogen-bond donors (Lipinski definition) is 5. The average Bonchev–Trinajstić information content (AvgIpc) is 3.96. The maximum Gasteiger partial charge on any atom is 0.106 e. The number of pyridine rings is 1. The first kappa shape index (κ1) is 67.1. The van der Waals surface area contributed by atoms with E-state index in [-0.39, 0.29) is 11.5 Å². The minimum atomic E-state index is -0.754. The van der Waals surface area contributed by atoms with Gasteiger partial charge in [0.2, 0.25) is 0 Å². The van der Waals surface area contributed by atoms with Crippen LogP contribution < -0.4 is 21.9 Å². The summed E-state index contributed by atoms with van der Waals surface area (Å²) >= 11 is 1.75. The Labute approximate surface area is 441 Å². The highest BCUT2D eigenvalue weighted by atomic mass is 32.1. The van der Waals surface area contributed by atoms with Gasteiger partial charge in [-0.05, 0) is 108 Å². The van der Waals surface area contributed by atoms with Crippen molar-refractivity contribution >= 4 is 29.0 Å². The zero-order chi connectivity index (χ0) is 55.2. The van der Waals surface area contributed by atoms with E-state index in [0.717, 1.165) is 79.4 Å². The molecule has 0 saturated carbocycles. The average molecular weight is 1020 g/mol. The number of fused-ring (bicyclic) bond motifs is 1. The number of thiazole rings is 1. The molecule has 404 valence electrons. The number of hydrazine groups is 1. The van der Waals surface area contributed by atoms with E-state index in [1.54, 1.807) is 38.4 Å². The molecule has 2 aliphatic rings. The van der Waals surface area contributed by atoms with Gasteiger partial charge in [0.15, 0.2) is 0 Å². The number of carbonyl (C=O) groups excluding carboxylic acids is 1. The number of aryl methyl sites for hydroxylation is 1. The Morgan fingerprint density at radius 2 is 1.72 bits per heavy atom. The topological polar surface area (TPSA) is 152 Å². The molecule has 4 aromatic rings.